The van der Waals surface area contributed by atoms with Crippen LogP contribution in [-0.4, -0.2) is 39.2 Å². The number of rotatable bonds is 8. The van der Waals surface area contributed by atoms with Crippen molar-refractivity contribution in [2.24, 2.45) is 0 Å². The molecule has 0 radical (unpaired) electrons. The van der Waals surface area contributed by atoms with Crippen molar-refractivity contribution in [2.45, 2.75) is 30.4 Å². The zero-order chi connectivity index (χ0) is 25.0. The van der Waals surface area contributed by atoms with Gasteiger partial charge in [-0.25, -0.2) is 0 Å². The van der Waals surface area contributed by atoms with Crippen LogP contribution in [-0.2, 0) is 11.9 Å². The van der Waals surface area contributed by atoms with Gasteiger partial charge >= 0.3 is 6.18 Å². The van der Waals surface area contributed by atoms with Gasteiger partial charge in [0.15, 0.2) is 10.9 Å². The number of furan rings is 1. The van der Waals surface area contributed by atoms with E-state index in [1.807, 2.05) is 19.1 Å². The van der Waals surface area contributed by atoms with Gasteiger partial charge in [0.05, 0.1) is 17.5 Å². The summed E-state index contributed by atoms with van der Waals surface area (Å²) in [6.45, 7) is 2.64. The molecule has 0 aliphatic heterocycles. The van der Waals surface area contributed by atoms with Gasteiger partial charge in [0.25, 0.3) is 5.91 Å². The minimum absolute atomic E-state index is 0.0846. The zero-order valence-electron chi connectivity index (χ0n) is 19.1. The van der Waals surface area contributed by atoms with Crippen LogP contribution >= 0.6 is 11.8 Å². The van der Waals surface area contributed by atoms with E-state index >= 15 is 0 Å². The van der Waals surface area contributed by atoms with E-state index in [1.165, 1.54) is 28.7 Å². The van der Waals surface area contributed by atoms with E-state index in [-0.39, 0.29) is 17.4 Å². The number of halogens is 3. The maximum Gasteiger partial charge on any atom is 0.416 e. The minimum Gasteiger partial charge on any atom is -0.461 e. The first kappa shape index (κ1) is 24.6. The molecule has 0 spiro atoms. The molecule has 0 atom stereocenters. The molecule has 2 aromatic carbocycles. The maximum atomic E-state index is 13.4. The Bertz CT molecular complexity index is 1300. The molecule has 0 fully saturated rings. The second kappa shape index (κ2) is 10.4. The van der Waals surface area contributed by atoms with Crippen LogP contribution in [0.3, 0.4) is 0 Å². The Kier molecular flexibility index (Phi) is 7.30. The highest BCUT2D eigenvalue weighted by Crippen LogP contribution is 2.34. The Labute approximate surface area is 204 Å². The molecule has 10 heteroatoms. The Morgan fingerprint density at radius 3 is 2.60 bits per heavy atom. The molecule has 6 nitrogen and oxygen atoms in total. The molecule has 2 heterocycles. The lowest BCUT2D eigenvalue weighted by atomic mass is 10.1. The van der Waals surface area contributed by atoms with Crippen molar-refractivity contribution in [3.05, 3.63) is 83.6 Å². The highest BCUT2D eigenvalue weighted by atomic mass is 32.2. The van der Waals surface area contributed by atoms with Crippen LogP contribution in [0.5, 0.6) is 0 Å². The Balaban J connectivity index is 1.70. The number of amides is 1. The number of hydrogen-bond donors (Lipinski definition) is 0. The van der Waals surface area contributed by atoms with Crippen molar-refractivity contribution in [1.82, 2.24) is 19.7 Å². The van der Waals surface area contributed by atoms with Gasteiger partial charge in [-0.1, -0.05) is 43.0 Å². The normalized spacial score (nSPS) is 11.6. The Morgan fingerprint density at radius 2 is 1.89 bits per heavy atom. The third-order valence-corrected chi connectivity index (χ3v) is 6.29. The van der Waals surface area contributed by atoms with Crippen molar-refractivity contribution in [3.8, 4) is 17.3 Å². The van der Waals surface area contributed by atoms with Gasteiger partial charge in [0.2, 0.25) is 5.82 Å². The fourth-order valence-corrected chi connectivity index (χ4v) is 4.58. The highest BCUT2D eigenvalue weighted by Gasteiger charge is 2.31. The predicted octanol–water partition coefficient (Wildman–Crippen LogP) is 6.32. The third-order valence-electron chi connectivity index (χ3n) is 5.32. The van der Waals surface area contributed by atoms with Crippen LogP contribution in [0.2, 0.25) is 0 Å². The first-order valence-corrected chi connectivity index (χ1v) is 11.9. The summed E-state index contributed by atoms with van der Waals surface area (Å²) in [4.78, 5) is 14.6. The number of thioether (sulfide) groups is 1. The molecule has 1 amide bonds. The van der Waals surface area contributed by atoms with Crippen LogP contribution in [0.25, 0.3) is 17.3 Å². The van der Waals surface area contributed by atoms with E-state index < -0.39 is 11.7 Å². The van der Waals surface area contributed by atoms with Gasteiger partial charge in [-0.3, -0.25) is 9.36 Å². The highest BCUT2D eigenvalue weighted by molar-refractivity contribution is 7.98. The quantitative estimate of drug-likeness (QED) is 0.265. The molecule has 182 valence electrons. The minimum atomic E-state index is -4.49. The van der Waals surface area contributed by atoms with Gasteiger partial charge in [-0.05, 0) is 48.4 Å². The second-order valence-corrected chi connectivity index (χ2v) is 8.78. The van der Waals surface area contributed by atoms with Crippen LogP contribution < -0.4 is 0 Å². The van der Waals surface area contributed by atoms with Gasteiger partial charge < -0.3 is 9.32 Å². The van der Waals surface area contributed by atoms with E-state index in [1.54, 1.807) is 42.3 Å². The molecule has 0 bridgehead atoms. The molecule has 0 unspecified atom stereocenters. The summed E-state index contributed by atoms with van der Waals surface area (Å²) in [5, 5.41) is 8.80. The molecule has 35 heavy (non-hydrogen) atoms. The molecule has 0 N–H and O–H groups in total. The standard InChI is InChI=1S/C25H23F3N4O2S/c1-3-13-31(2)23(33)20-11-5-4-8-17(20)16-35-24-30-29-22(21-12-7-14-34-21)32(24)19-10-6-9-18(15-19)25(26,27)28/h4-12,14-15H,3,13,16H2,1-2H3. The van der Waals surface area contributed by atoms with Crippen molar-refractivity contribution in [2.75, 3.05) is 13.6 Å². The smallest absolute Gasteiger partial charge is 0.416 e. The van der Waals surface area contributed by atoms with Crippen molar-refractivity contribution in [3.63, 3.8) is 0 Å². The molecule has 4 rings (SSSR count). The molecular weight excluding hydrogens is 477 g/mol. The second-order valence-electron chi connectivity index (χ2n) is 7.84. The lowest BCUT2D eigenvalue weighted by Crippen LogP contribution is -2.28. The van der Waals surface area contributed by atoms with Gasteiger partial charge in [-0.2, -0.15) is 13.2 Å². The number of nitrogens with zero attached hydrogens (tertiary/aromatic N) is 4. The first-order valence-electron chi connectivity index (χ1n) is 10.9. The summed E-state index contributed by atoms with van der Waals surface area (Å²) in [5.41, 5.74) is 0.849. The number of benzene rings is 2. The predicted molar refractivity (Wildman–Crippen MR) is 127 cm³/mol. The van der Waals surface area contributed by atoms with Crippen LogP contribution in [0, 0.1) is 0 Å². The number of hydrogen-bond acceptors (Lipinski definition) is 5. The van der Waals surface area contributed by atoms with Crippen LogP contribution in [0.4, 0.5) is 13.2 Å². The summed E-state index contributed by atoms with van der Waals surface area (Å²) in [7, 11) is 1.76. The molecule has 0 saturated heterocycles. The largest absolute Gasteiger partial charge is 0.461 e. The van der Waals surface area contributed by atoms with Crippen molar-refractivity contribution in [1.29, 1.82) is 0 Å². The lowest BCUT2D eigenvalue weighted by Gasteiger charge is -2.18. The van der Waals surface area contributed by atoms with E-state index in [2.05, 4.69) is 10.2 Å². The van der Waals surface area contributed by atoms with Crippen LogP contribution in [0.15, 0.2) is 76.5 Å². The van der Waals surface area contributed by atoms with Gasteiger partial charge in [-0.15, -0.1) is 10.2 Å². The monoisotopic (exact) mass is 500 g/mol. The molecule has 2 aromatic heterocycles. The SMILES string of the molecule is CCCN(C)C(=O)c1ccccc1CSc1nnc(-c2ccco2)n1-c1cccc(C(F)(F)F)c1. The van der Waals surface area contributed by atoms with Gasteiger partial charge in [0, 0.05) is 24.9 Å². The van der Waals surface area contributed by atoms with Crippen molar-refractivity contribution < 1.29 is 22.4 Å². The summed E-state index contributed by atoms with van der Waals surface area (Å²) in [6.07, 6.45) is -2.19. The lowest BCUT2D eigenvalue weighted by molar-refractivity contribution is -0.137. The van der Waals surface area contributed by atoms with Crippen molar-refractivity contribution >= 4 is 17.7 Å². The average Bonchev–Trinajstić information content (AvgIpc) is 3.52. The van der Waals surface area contributed by atoms with E-state index in [0.29, 0.717) is 28.8 Å². The molecule has 0 aliphatic rings. The first-order chi connectivity index (χ1) is 16.8. The number of carbonyl (C=O) groups is 1. The summed E-state index contributed by atoms with van der Waals surface area (Å²) in [6, 6.07) is 15.6. The topological polar surface area (TPSA) is 64.2 Å². The fourth-order valence-electron chi connectivity index (χ4n) is 3.62. The number of carbonyl (C=O) groups excluding carboxylic acids is 1. The summed E-state index contributed by atoms with van der Waals surface area (Å²) < 4.78 is 47.2. The number of aromatic nitrogens is 3. The van der Waals surface area contributed by atoms with Gasteiger partial charge in [0.1, 0.15) is 0 Å². The van der Waals surface area contributed by atoms with E-state index in [9.17, 15) is 18.0 Å². The number of alkyl halides is 3. The molecule has 0 saturated carbocycles. The molecule has 0 aliphatic carbocycles. The Hall–Kier alpha value is -3.53. The average molecular weight is 501 g/mol. The maximum absolute atomic E-state index is 13.4. The Morgan fingerprint density at radius 1 is 1.09 bits per heavy atom. The van der Waals surface area contributed by atoms with E-state index in [4.69, 9.17) is 4.42 Å². The summed E-state index contributed by atoms with van der Waals surface area (Å²) in [5.74, 6) is 0.943. The van der Waals surface area contributed by atoms with E-state index in [0.717, 1.165) is 24.1 Å². The third kappa shape index (κ3) is 5.43. The molecular formula is C25H23F3N4O2S. The zero-order valence-corrected chi connectivity index (χ0v) is 19.9. The summed E-state index contributed by atoms with van der Waals surface area (Å²) >= 11 is 1.28. The van der Waals surface area contributed by atoms with Crippen LogP contribution in [0.1, 0.15) is 34.8 Å². The fraction of sp³-hybridized carbons (Fsp3) is 0.240. The molecule has 4 aromatic rings.